The van der Waals surface area contributed by atoms with E-state index in [4.69, 9.17) is 15.2 Å². The van der Waals surface area contributed by atoms with Crippen molar-refractivity contribution in [2.75, 3.05) is 68.1 Å². The Morgan fingerprint density at radius 2 is 2.05 bits per heavy atom. The van der Waals surface area contributed by atoms with Gasteiger partial charge in [-0.1, -0.05) is 24.6 Å². The summed E-state index contributed by atoms with van der Waals surface area (Å²) < 4.78 is 11.5. The number of likely N-dealkylation sites (tertiary alicyclic amines) is 1. The van der Waals surface area contributed by atoms with Crippen LogP contribution in [0.1, 0.15) is 12.6 Å². The second-order valence-electron chi connectivity index (χ2n) is 10.4. The first-order valence-electron chi connectivity index (χ1n) is 13.5. The van der Waals surface area contributed by atoms with Crippen molar-refractivity contribution < 1.29 is 14.6 Å². The van der Waals surface area contributed by atoms with Gasteiger partial charge in [-0.2, -0.15) is 0 Å². The minimum atomic E-state index is -0.138. The number of aromatic hydroxyl groups is 1. The van der Waals surface area contributed by atoms with Gasteiger partial charge in [0.25, 0.3) is 0 Å². The van der Waals surface area contributed by atoms with Crippen LogP contribution in [0.25, 0.3) is 11.3 Å². The van der Waals surface area contributed by atoms with Crippen LogP contribution in [0.5, 0.6) is 5.75 Å². The minimum Gasteiger partial charge on any atom is -0.507 e. The number of benzene rings is 1. The average Bonchev–Trinajstić information content (AvgIpc) is 3.60. The molecule has 5 heterocycles. The van der Waals surface area contributed by atoms with E-state index in [1.807, 2.05) is 30.3 Å². The summed E-state index contributed by atoms with van der Waals surface area (Å²) in [6.07, 6.45) is 1.79. The fraction of sp³-hybridized carbons (Fsp3) is 0.367. The number of phenols is 1. The second-order valence-corrected chi connectivity index (χ2v) is 10.4. The molecule has 6 rings (SSSR count). The molecule has 0 bridgehead atoms. The number of hydrogen-bond acceptors (Lipinski definition) is 10. The third-order valence-electron chi connectivity index (χ3n) is 7.60. The molecule has 2 aromatic heterocycles. The molecule has 0 amide bonds. The number of nitrogen functional groups attached to an aromatic ring is 1. The summed E-state index contributed by atoms with van der Waals surface area (Å²) in [5.74, 6) is 6.95. The van der Waals surface area contributed by atoms with E-state index in [9.17, 15) is 5.11 Å². The second kappa shape index (κ2) is 10.8. The average molecular weight is 540 g/mol. The lowest BCUT2D eigenvalue weighted by atomic mass is 9.94. The molecule has 3 saturated heterocycles. The highest BCUT2D eigenvalue weighted by molar-refractivity contribution is 5.75. The molecule has 1 atom stereocenters. The van der Waals surface area contributed by atoms with Gasteiger partial charge in [-0.25, -0.2) is 4.98 Å². The van der Waals surface area contributed by atoms with Gasteiger partial charge in [0.2, 0.25) is 0 Å². The Morgan fingerprint density at radius 3 is 2.83 bits per heavy atom. The van der Waals surface area contributed by atoms with E-state index in [2.05, 4.69) is 55.2 Å². The van der Waals surface area contributed by atoms with E-state index >= 15 is 0 Å². The quantitative estimate of drug-likeness (QED) is 0.343. The molecule has 1 unspecified atom stereocenters. The van der Waals surface area contributed by atoms with Gasteiger partial charge in [0, 0.05) is 49.3 Å². The van der Waals surface area contributed by atoms with Crippen molar-refractivity contribution in [3.05, 3.63) is 66.6 Å². The van der Waals surface area contributed by atoms with Crippen molar-refractivity contribution in [3.8, 4) is 28.8 Å². The van der Waals surface area contributed by atoms with Crippen molar-refractivity contribution in [1.82, 2.24) is 20.1 Å². The number of pyridine rings is 1. The Hall–Kier alpha value is -4.17. The fourth-order valence-electron chi connectivity index (χ4n) is 5.45. The summed E-state index contributed by atoms with van der Waals surface area (Å²) in [5, 5.41) is 18.7. The van der Waals surface area contributed by atoms with E-state index < -0.39 is 0 Å². The lowest BCUT2D eigenvalue weighted by molar-refractivity contribution is -0.214. The van der Waals surface area contributed by atoms with Crippen molar-refractivity contribution in [2.24, 2.45) is 0 Å². The summed E-state index contributed by atoms with van der Waals surface area (Å²) in [5.41, 5.74) is 10.8. The molecule has 40 heavy (non-hydrogen) atoms. The normalized spacial score (nSPS) is 19.6. The van der Waals surface area contributed by atoms with Crippen LogP contribution >= 0.6 is 0 Å². The van der Waals surface area contributed by atoms with Crippen LogP contribution < -0.4 is 15.5 Å². The number of likely N-dealkylation sites (N-methyl/N-ethyl adjacent to an activating group) is 1. The summed E-state index contributed by atoms with van der Waals surface area (Å²) in [4.78, 5) is 11.1. The molecule has 0 aliphatic carbocycles. The number of nitrogens with zero attached hydrogens (tertiary/aromatic N) is 6. The van der Waals surface area contributed by atoms with Crippen LogP contribution in [0.2, 0.25) is 0 Å². The first-order chi connectivity index (χ1) is 19.5. The van der Waals surface area contributed by atoms with E-state index in [-0.39, 0.29) is 17.4 Å². The van der Waals surface area contributed by atoms with Gasteiger partial charge in [-0.3, -0.25) is 4.90 Å². The van der Waals surface area contributed by atoms with Crippen LogP contribution in [0.15, 0.2) is 60.9 Å². The predicted octanol–water partition coefficient (Wildman–Crippen LogP) is 2.51. The van der Waals surface area contributed by atoms with Gasteiger partial charge < -0.3 is 30.1 Å². The van der Waals surface area contributed by atoms with Crippen LogP contribution in [0, 0.1) is 11.8 Å². The molecule has 10 nitrogen and oxygen atoms in total. The molecule has 3 N–H and O–H groups in total. The van der Waals surface area contributed by atoms with Crippen LogP contribution in [0.3, 0.4) is 0 Å². The Labute approximate surface area is 234 Å². The third kappa shape index (κ3) is 5.19. The molecule has 0 radical (unpaired) electrons. The zero-order chi connectivity index (χ0) is 27.7. The maximum absolute atomic E-state index is 10.3. The summed E-state index contributed by atoms with van der Waals surface area (Å²) in [6, 6.07) is 13.0. The smallest absolute Gasteiger partial charge is 0.169 e. The predicted molar refractivity (Wildman–Crippen MR) is 154 cm³/mol. The summed E-state index contributed by atoms with van der Waals surface area (Å²) in [7, 11) is 0. The van der Waals surface area contributed by atoms with Crippen LogP contribution in [-0.2, 0) is 9.47 Å². The van der Waals surface area contributed by atoms with E-state index in [0.717, 1.165) is 42.4 Å². The van der Waals surface area contributed by atoms with Crippen LogP contribution in [-0.4, -0.2) is 89.4 Å². The van der Waals surface area contributed by atoms with Gasteiger partial charge in [0.05, 0.1) is 43.8 Å². The SMILES string of the molecule is C=C1C(CN(CC)c2cc(-c3ccccc3O)nnc2N)N1c1ccnc(C#CCN2CC3(COCCO3)C2)c1. The van der Waals surface area contributed by atoms with Gasteiger partial charge >= 0.3 is 0 Å². The third-order valence-corrected chi connectivity index (χ3v) is 7.60. The Balaban J connectivity index is 1.10. The van der Waals surface area contributed by atoms with Gasteiger partial charge in [0.15, 0.2) is 5.82 Å². The maximum atomic E-state index is 10.3. The molecular weight excluding hydrogens is 506 g/mol. The van der Waals surface area contributed by atoms with Gasteiger partial charge in [-0.05, 0) is 43.2 Å². The highest BCUT2D eigenvalue weighted by Gasteiger charge is 2.45. The topological polar surface area (TPSA) is 113 Å². The standard InChI is InChI=1S/C30H33N7O3/c1-3-36(26-16-25(33-34-29(26)31)24-8-4-5-9-28(24)38)17-27-21(2)37(27)23-10-11-32-22(15-23)7-6-12-35-18-30(19-35)20-39-13-14-40-30/h4-5,8-11,15-16,27,38H,2-3,12-14,17-20H2,1H3,(H2,31,34). The van der Waals surface area contributed by atoms with Gasteiger partial charge in [-0.15, -0.1) is 10.2 Å². The summed E-state index contributed by atoms with van der Waals surface area (Å²) >= 11 is 0. The molecule has 1 aromatic carbocycles. The molecular formula is C30H33N7O3. The zero-order valence-electron chi connectivity index (χ0n) is 22.6. The molecule has 206 valence electrons. The molecule has 3 fully saturated rings. The molecule has 3 aliphatic rings. The number of nitrogens with two attached hydrogens (primary N) is 1. The number of anilines is 3. The molecule has 10 heteroatoms. The molecule has 3 aromatic rings. The Morgan fingerprint density at radius 1 is 1.20 bits per heavy atom. The number of hydrogen-bond donors (Lipinski definition) is 2. The lowest BCUT2D eigenvalue weighted by Gasteiger charge is -2.50. The van der Waals surface area contributed by atoms with Crippen molar-refractivity contribution in [1.29, 1.82) is 0 Å². The van der Waals surface area contributed by atoms with E-state index in [1.54, 1.807) is 18.3 Å². The highest BCUT2D eigenvalue weighted by atomic mass is 16.6. The van der Waals surface area contributed by atoms with Crippen molar-refractivity contribution >= 4 is 17.2 Å². The molecule has 0 saturated carbocycles. The lowest BCUT2D eigenvalue weighted by Crippen LogP contribution is -2.67. The first kappa shape index (κ1) is 26.1. The molecule has 3 aliphatic heterocycles. The zero-order valence-corrected chi connectivity index (χ0v) is 22.6. The minimum absolute atomic E-state index is 0.110. The van der Waals surface area contributed by atoms with Crippen molar-refractivity contribution in [3.63, 3.8) is 0 Å². The molecule has 1 spiro atoms. The van der Waals surface area contributed by atoms with Crippen molar-refractivity contribution in [2.45, 2.75) is 18.6 Å². The van der Waals surface area contributed by atoms with Crippen LogP contribution in [0.4, 0.5) is 17.2 Å². The fourth-order valence-corrected chi connectivity index (χ4v) is 5.45. The number of para-hydroxylation sites is 1. The van der Waals surface area contributed by atoms with E-state index in [1.165, 1.54) is 0 Å². The summed E-state index contributed by atoms with van der Waals surface area (Å²) in [6.45, 7) is 12.1. The monoisotopic (exact) mass is 539 g/mol. The number of rotatable bonds is 7. The number of aromatic nitrogens is 3. The first-order valence-corrected chi connectivity index (χ1v) is 13.5. The Kier molecular flexibility index (Phi) is 7.02. The largest absolute Gasteiger partial charge is 0.507 e. The van der Waals surface area contributed by atoms with Gasteiger partial charge in [0.1, 0.15) is 17.0 Å². The maximum Gasteiger partial charge on any atom is 0.169 e. The number of ether oxygens (including phenoxy) is 2. The Bertz CT molecular complexity index is 1470. The highest BCUT2D eigenvalue weighted by Crippen LogP contribution is 2.40. The van der Waals surface area contributed by atoms with E-state index in [0.29, 0.717) is 50.0 Å². The number of phenolic OH excluding ortho intramolecular Hbond substituents is 1.